The first kappa shape index (κ1) is 15.8. The lowest BCUT2D eigenvalue weighted by Crippen LogP contribution is -2.42. The highest BCUT2D eigenvalue weighted by Crippen LogP contribution is 2.34. The van der Waals surface area contributed by atoms with E-state index >= 15 is 0 Å². The number of nitrogens with zero attached hydrogens (tertiary/aromatic N) is 1. The van der Waals surface area contributed by atoms with Gasteiger partial charge < -0.3 is 0 Å². The predicted octanol–water partition coefficient (Wildman–Crippen LogP) is 2.18. The van der Waals surface area contributed by atoms with E-state index in [1.54, 1.807) is 0 Å². The van der Waals surface area contributed by atoms with Crippen LogP contribution in [0.1, 0.15) is 26.7 Å². The third-order valence-electron chi connectivity index (χ3n) is 3.50. The molecule has 0 radical (unpaired) electrons. The number of hydrogen-bond donors (Lipinski definition) is 0. The number of sulfonamides is 1. The van der Waals surface area contributed by atoms with E-state index in [-0.39, 0.29) is 9.79 Å². The molecule has 1 aromatic carbocycles. The van der Waals surface area contributed by atoms with Crippen LogP contribution >= 0.6 is 10.7 Å². The quantitative estimate of drug-likeness (QED) is 0.792. The highest BCUT2D eigenvalue weighted by molar-refractivity contribution is 8.13. The Hall–Kier alpha value is -0.630. The maximum absolute atomic E-state index is 12.6. The number of halogens is 1. The Morgan fingerprint density at radius 2 is 1.75 bits per heavy atom. The monoisotopic (exact) mass is 337 g/mol. The minimum Gasteiger partial charge on any atom is -0.207 e. The molecule has 112 valence electrons. The average Bonchev–Trinajstić information content (AvgIpc) is 2.69. The molecule has 1 aromatic rings. The maximum atomic E-state index is 12.6. The maximum Gasteiger partial charge on any atom is 0.261 e. The van der Waals surface area contributed by atoms with Gasteiger partial charge in [0.2, 0.25) is 10.0 Å². The van der Waals surface area contributed by atoms with E-state index in [2.05, 4.69) is 0 Å². The Kier molecular flexibility index (Phi) is 3.92. The summed E-state index contributed by atoms with van der Waals surface area (Å²) in [5.74, 6) is 0. The van der Waals surface area contributed by atoms with Crippen molar-refractivity contribution in [2.24, 2.45) is 0 Å². The molecule has 0 unspecified atom stereocenters. The second-order valence-corrected chi connectivity index (χ2v) is 9.83. The van der Waals surface area contributed by atoms with Crippen LogP contribution in [0.3, 0.4) is 0 Å². The summed E-state index contributed by atoms with van der Waals surface area (Å²) >= 11 is 0. The van der Waals surface area contributed by atoms with E-state index < -0.39 is 24.6 Å². The van der Waals surface area contributed by atoms with E-state index in [0.717, 1.165) is 18.9 Å². The molecule has 0 saturated carbocycles. The Labute approximate surface area is 124 Å². The summed E-state index contributed by atoms with van der Waals surface area (Å²) in [5, 5.41) is 0. The Balaban J connectivity index is 2.51. The van der Waals surface area contributed by atoms with Crippen LogP contribution in [0.25, 0.3) is 0 Å². The Morgan fingerprint density at radius 1 is 1.15 bits per heavy atom. The smallest absolute Gasteiger partial charge is 0.207 e. The Bertz CT molecular complexity index is 726. The summed E-state index contributed by atoms with van der Waals surface area (Å²) < 4.78 is 49.3. The van der Waals surface area contributed by atoms with Gasteiger partial charge in [-0.2, -0.15) is 4.31 Å². The van der Waals surface area contributed by atoms with Gasteiger partial charge in [0.25, 0.3) is 9.05 Å². The molecule has 1 aliphatic rings. The van der Waals surface area contributed by atoms with Crippen LogP contribution in [0.15, 0.2) is 34.1 Å². The van der Waals surface area contributed by atoms with Gasteiger partial charge in [0, 0.05) is 22.8 Å². The molecule has 0 N–H and O–H groups in total. The zero-order valence-corrected chi connectivity index (χ0v) is 13.6. The molecule has 1 saturated heterocycles. The molecule has 0 amide bonds. The number of hydrogen-bond acceptors (Lipinski definition) is 4. The fraction of sp³-hybridized carbons (Fsp3) is 0.500. The van der Waals surface area contributed by atoms with E-state index in [9.17, 15) is 16.8 Å². The SMILES string of the molecule is CC1(C)CCCN1S(=O)(=O)c1cccc(S(=O)(=O)Cl)c1. The van der Waals surface area contributed by atoms with Crippen LogP contribution in [0, 0.1) is 0 Å². The average molecular weight is 338 g/mol. The van der Waals surface area contributed by atoms with Crippen molar-refractivity contribution < 1.29 is 16.8 Å². The lowest BCUT2D eigenvalue weighted by Gasteiger charge is -2.30. The summed E-state index contributed by atoms with van der Waals surface area (Å²) in [4.78, 5) is -0.258. The lowest BCUT2D eigenvalue weighted by molar-refractivity contribution is 0.291. The van der Waals surface area contributed by atoms with Gasteiger partial charge in [-0.3, -0.25) is 0 Å². The van der Waals surface area contributed by atoms with Crippen molar-refractivity contribution >= 4 is 29.8 Å². The van der Waals surface area contributed by atoms with Gasteiger partial charge in [-0.15, -0.1) is 0 Å². The summed E-state index contributed by atoms with van der Waals surface area (Å²) in [7, 11) is -2.41. The second kappa shape index (κ2) is 4.98. The van der Waals surface area contributed by atoms with E-state index in [0.29, 0.717) is 6.54 Å². The molecule has 0 aromatic heterocycles. The van der Waals surface area contributed by atoms with Gasteiger partial charge in [-0.25, -0.2) is 16.8 Å². The largest absolute Gasteiger partial charge is 0.261 e. The van der Waals surface area contributed by atoms with Gasteiger partial charge in [-0.05, 0) is 44.9 Å². The van der Waals surface area contributed by atoms with Crippen LogP contribution in [0.5, 0.6) is 0 Å². The first-order chi connectivity index (χ1) is 9.05. The van der Waals surface area contributed by atoms with Crippen LogP contribution in [0.2, 0.25) is 0 Å². The fourth-order valence-electron chi connectivity index (χ4n) is 2.44. The zero-order valence-electron chi connectivity index (χ0n) is 11.2. The molecule has 0 aliphatic carbocycles. The summed E-state index contributed by atoms with van der Waals surface area (Å²) in [6.45, 7) is 4.16. The first-order valence-corrected chi connectivity index (χ1v) is 9.88. The molecule has 0 spiro atoms. The van der Waals surface area contributed by atoms with Gasteiger partial charge >= 0.3 is 0 Å². The molecular formula is C12H16ClNO4S2. The summed E-state index contributed by atoms with van der Waals surface area (Å²) in [5.41, 5.74) is -0.464. The van der Waals surface area contributed by atoms with Crippen LogP contribution < -0.4 is 0 Å². The van der Waals surface area contributed by atoms with Gasteiger partial charge in [-0.1, -0.05) is 6.07 Å². The predicted molar refractivity (Wildman–Crippen MR) is 76.7 cm³/mol. The summed E-state index contributed by atoms with van der Waals surface area (Å²) in [6.07, 6.45) is 1.57. The van der Waals surface area contributed by atoms with E-state index in [1.807, 2.05) is 13.8 Å². The first-order valence-electron chi connectivity index (χ1n) is 6.13. The third kappa shape index (κ3) is 2.86. The van der Waals surface area contributed by atoms with Crippen molar-refractivity contribution in [1.29, 1.82) is 0 Å². The third-order valence-corrected chi connectivity index (χ3v) is 6.96. The molecular weight excluding hydrogens is 322 g/mol. The molecule has 8 heteroatoms. The van der Waals surface area contributed by atoms with Crippen LogP contribution in [-0.4, -0.2) is 33.2 Å². The van der Waals surface area contributed by atoms with Crippen molar-refractivity contribution in [3.05, 3.63) is 24.3 Å². The molecule has 1 fully saturated rings. The molecule has 0 bridgehead atoms. The molecule has 5 nitrogen and oxygen atoms in total. The highest BCUT2D eigenvalue weighted by atomic mass is 35.7. The second-order valence-electron chi connectivity index (χ2n) is 5.41. The normalized spacial score (nSPS) is 20.1. The molecule has 0 atom stereocenters. The van der Waals surface area contributed by atoms with Crippen molar-refractivity contribution in [3.8, 4) is 0 Å². The minimum absolute atomic E-state index is 0.0470. The van der Waals surface area contributed by atoms with Crippen molar-refractivity contribution in [2.75, 3.05) is 6.54 Å². The molecule has 1 heterocycles. The van der Waals surface area contributed by atoms with Gasteiger partial charge in [0.05, 0.1) is 9.79 Å². The molecule has 2 rings (SSSR count). The Morgan fingerprint density at radius 3 is 2.25 bits per heavy atom. The zero-order chi connectivity index (χ0) is 15.2. The fourth-order valence-corrected chi connectivity index (χ4v) is 5.21. The summed E-state index contributed by atoms with van der Waals surface area (Å²) in [6, 6.07) is 5.14. The molecule has 1 aliphatic heterocycles. The topological polar surface area (TPSA) is 71.5 Å². The minimum atomic E-state index is -3.95. The van der Waals surface area contributed by atoms with Crippen molar-refractivity contribution in [1.82, 2.24) is 4.31 Å². The van der Waals surface area contributed by atoms with Crippen molar-refractivity contribution in [2.45, 2.75) is 42.0 Å². The number of rotatable bonds is 3. The van der Waals surface area contributed by atoms with Crippen molar-refractivity contribution in [3.63, 3.8) is 0 Å². The van der Waals surface area contributed by atoms with Crippen LogP contribution in [-0.2, 0) is 19.1 Å². The van der Waals surface area contributed by atoms with E-state index in [1.165, 1.54) is 22.5 Å². The lowest BCUT2D eigenvalue weighted by atomic mass is 10.0. The highest BCUT2D eigenvalue weighted by Gasteiger charge is 2.41. The van der Waals surface area contributed by atoms with Crippen LogP contribution in [0.4, 0.5) is 0 Å². The number of benzene rings is 1. The van der Waals surface area contributed by atoms with E-state index in [4.69, 9.17) is 10.7 Å². The standard InChI is InChI=1S/C12H16ClNO4S2/c1-12(2)7-4-8-14(12)20(17,18)11-6-3-5-10(9-11)19(13,15)16/h3,5-6,9H,4,7-8H2,1-2H3. The molecule has 20 heavy (non-hydrogen) atoms. The van der Waals surface area contributed by atoms with Gasteiger partial charge in [0.1, 0.15) is 0 Å². The van der Waals surface area contributed by atoms with Gasteiger partial charge in [0.15, 0.2) is 0 Å².